The molecule has 1 aliphatic carbocycles. The van der Waals surface area contributed by atoms with Crippen molar-refractivity contribution in [3.05, 3.63) is 27.7 Å². The molecule has 0 bridgehead atoms. The number of aromatic hydroxyl groups is 1. The van der Waals surface area contributed by atoms with Crippen molar-refractivity contribution in [3.63, 3.8) is 0 Å². The van der Waals surface area contributed by atoms with Crippen molar-refractivity contribution in [2.24, 2.45) is 10.9 Å². The molecule has 2 nitrogen and oxygen atoms in total. The molecule has 0 unspecified atom stereocenters. The molecular formula is C15H19Cl2NO. The molecule has 0 radical (unpaired) electrons. The van der Waals surface area contributed by atoms with E-state index in [-0.39, 0.29) is 16.8 Å². The van der Waals surface area contributed by atoms with Crippen molar-refractivity contribution < 1.29 is 5.11 Å². The molecule has 104 valence electrons. The van der Waals surface area contributed by atoms with Gasteiger partial charge in [-0.05, 0) is 37.8 Å². The third kappa shape index (κ3) is 3.87. The van der Waals surface area contributed by atoms with Gasteiger partial charge in [0, 0.05) is 22.8 Å². The van der Waals surface area contributed by atoms with Gasteiger partial charge in [0.25, 0.3) is 0 Å². The number of rotatable bonds is 3. The Labute approximate surface area is 124 Å². The highest BCUT2D eigenvalue weighted by Gasteiger charge is 2.19. The van der Waals surface area contributed by atoms with Gasteiger partial charge >= 0.3 is 0 Å². The third-order valence-corrected chi connectivity index (χ3v) is 4.34. The zero-order chi connectivity index (χ0) is 13.8. The number of phenols is 1. The molecule has 0 aliphatic heterocycles. The van der Waals surface area contributed by atoms with E-state index in [4.69, 9.17) is 23.2 Å². The van der Waals surface area contributed by atoms with Gasteiger partial charge in [-0.15, -0.1) is 0 Å². The van der Waals surface area contributed by atoms with Gasteiger partial charge in [0.2, 0.25) is 0 Å². The maximum absolute atomic E-state index is 9.86. The highest BCUT2D eigenvalue weighted by atomic mass is 35.5. The molecule has 19 heavy (non-hydrogen) atoms. The van der Waals surface area contributed by atoms with Crippen LogP contribution in [0.2, 0.25) is 10.0 Å². The first-order chi connectivity index (χ1) is 9.08. The number of benzene rings is 1. The zero-order valence-corrected chi connectivity index (χ0v) is 12.6. The first kappa shape index (κ1) is 14.7. The molecule has 0 spiro atoms. The Morgan fingerprint density at radius 2 is 1.95 bits per heavy atom. The Hall–Kier alpha value is -0.730. The fourth-order valence-electron chi connectivity index (χ4n) is 2.62. The molecule has 1 aromatic rings. The van der Waals surface area contributed by atoms with Crippen LogP contribution in [0.3, 0.4) is 0 Å². The van der Waals surface area contributed by atoms with Crippen molar-refractivity contribution in [1.82, 2.24) is 0 Å². The third-order valence-electron chi connectivity index (χ3n) is 3.84. The molecule has 1 aliphatic rings. The molecule has 1 fully saturated rings. The van der Waals surface area contributed by atoms with E-state index in [2.05, 4.69) is 11.9 Å². The highest BCUT2D eigenvalue weighted by molar-refractivity contribution is 6.36. The SMILES string of the molecule is C[C@@H](N=Cc1cc(Cl)cc(Cl)c1O)C1CCCCC1. The van der Waals surface area contributed by atoms with E-state index in [1.165, 1.54) is 38.2 Å². The van der Waals surface area contributed by atoms with Crippen molar-refractivity contribution in [2.45, 2.75) is 45.1 Å². The zero-order valence-electron chi connectivity index (χ0n) is 11.1. The van der Waals surface area contributed by atoms with Crippen LogP contribution in [0.1, 0.15) is 44.6 Å². The molecular weight excluding hydrogens is 281 g/mol. The van der Waals surface area contributed by atoms with Gasteiger partial charge in [-0.2, -0.15) is 0 Å². The Kier molecular flexibility index (Phi) is 5.12. The summed E-state index contributed by atoms with van der Waals surface area (Å²) in [5.74, 6) is 0.701. The largest absolute Gasteiger partial charge is 0.506 e. The first-order valence-corrected chi connectivity index (χ1v) is 7.54. The van der Waals surface area contributed by atoms with Gasteiger partial charge in [0.05, 0.1) is 5.02 Å². The molecule has 0 saturated heterocycles. The van der Waals surface area contributed by atoms with Crippen molar-refractivity contribution in [1.29, 1.82) is 0 Å². The van der Waals surface area contributed by atoms with Crippen molar-refractivity contribution in [3.8, 4) is 5.75 Å². The number of phenolic OH excluding ortho intramolecular Hbond substituents is 1. The highest BCUT2D eigenvalue weighted by Crippen LogP contribution is 2.31. The van der Waals surface area contributed by atoms with E-state index in [0.717, 1.165) is 0 Å². The summed E-state index contributed by atoms with van der Waals surface area (Å²) in [6.45, 7) is 2.13. The quantitative estimate of drug-likeness (QED) is 0.775. The van der Waals surface area contributed by atoms with Crippen LogP contribution in [0, 0.1) is 5.92 Å². The Morgan fingerprint density at radius 3 is 2.63 bits per heavy atom. The minimum Gasteiger partial charge on any atom is -0.506 e. The van der Waals surface area contributed by atoms with E-state index in [1.807, 2.05) is 0 Å². The first-order valence-electron chi connectivity index (χ1n) is 6.79. The lowest BCUT2D eigenvalue weighted by Crippen LogP contribution is -2.18. The van der Waals surface area contributed by atoms with Crippen LogP contribution in [0.5, 0.6) is 5.75 Å². The summed E-state index contributed by atoms with van der Waals surface area (Å²) >= 11 is 11.8. The van der Waals surface area contributed by atoms with E-state index < -0.39 is 0 Å². The second-order valence-corrected chi connectivity index (χ2v) is 6.09. The topological polar surface area (TPSA) is 32.6 Å². The lowest BCUT2D eigenvalue weighted by atomic mass is 9.85. The second kappa shape index (κ2) is 6.62. The van der Waals surface area contributed by atoms with E-state index >= 15 is 0 Å². The maximum atomic E-state index is 9.86. The summed E-state index contributed by atoms with van der Waals surface area (Å²) < 4.78 is 0. The molecule has 4 heteroatoms. The standard InChI is InChI=1S/C15H19Cl2NO/c1-10(11-5-3-2-4-6-11)18-9-12-7-13(16)8-14(17)15(12)19/h7-11,19H,2-6H2,1H3/t10-/m1/s1. The summed E-state index contributed by atoms with van der Waals surface area (Å²) in [5.41, 5.74) is 0.583. The molecule has 1 atom stereocenters. The van der Waals surface area contributed by atoms with Crippen LogP contribution < -0.4 is 0 Å². The average molecular weight is 300 g/mol. The number of hydrogen-bond donors (Lipinski definition) is 1. The monoisotopic (exact) mass is 299 g/mol. The predicted molar refractivity (Wildman–Crippen MR) is 81.8 cm³/mol. The fourth-order valence-corrected chi connectivity index (χ4v) is 3.13. The average Bonchev–Trinajstić information content (AvgIpc) is 2.41. The second-order valence-electron chi connectivity index (χ2n) is 5.24. The van der Waals surface area contributed by atoms with Crippen LogP contribution in [0.15, 0.2) is 17.1 Å². The van der Waals surface area contributed by atoms with E-state index in [0.29, 0.717) is 16.5 Å². The molecule has 2 rings (SSSR count). The van der Waals surface area contributed by atoms with Crippen LogP contribution in [-0.2, 0) is 0 Å². The maximum Gasteiger partial charge on any atom is 0.143 e. The summed E-state index contributed by atoms with van der Waals surface area (Å²) in [5, 5.41) is 10.6. The molecule has 0 heterocycles. The smallest absolute Gasteiger partial charge is 0.143 e. The summed E-state index contributed by atoms with van der Waals surface area (Å²) in [7, 11) is 0. The normalized spacial score (nSPS) is 18.9. The molecule has 0 aromatic heterocycles. The molecule has 0 amide bonds. The van der Waals surface area contributed by atoms with Crippen molar-refractivity contribution >= 4 is 29.4 Å². The minimum absolute atomic E-state index is 0.0469. The number of nitrogens with zero attached hydrogens (tertiary/aromatic N) is 1. The van der Waals surface area contributed by atoms with Gasteiger partial charge in [-0.25, -0.2) is 0 Å². The van der Waals surface area contributed by atoms with E-state index in [9.17, 15) is 5.11 Å². The molecule has 1 N–H and O–H groups in total. The molecule has 1 saturated carbocycles. The lowest BCUT2D eigenvalue weighted by molar-refractivity contribution is 0.318. The fraction of sp³-hybridized carbons (Fsp3) is 0.533. The van der Waals surface area contributed by atoms with Gasteiger partial charge in [-0.3, -0.25) is 4.99 Å². The van der Waals surface area contributed by atoms with Gasteiger partial charge < -0.3 is 5.11 Å². The van der Waals surface area contributed by atoms with Crippen molar-refractivity contribution in [2.75, 3.05) is 0 Å². The summed E-state index contributed by atoms with van der Waals surface area (Å²) in [6.07, 6.45) is 8.14. The summed E-state index contributed by atoms with van der Waals surface area (Å²) in [6, 6.07) is 3.48. The van der Waals surface area contributed by atoms with Crippen LogP contribution in [0.25, 0.3) is 0 Å². The van der Waals surface area contributed by atoms with Gasteiger partial charge in [0.15, 0.2) is 0 Å². The number of halogens is 2. The number of hydrogen-bond acceptors (Lipinski definition) is 2. The van der Waals surface area contributed by atoms with Crippen LogP contribution >= 0.6 is 23.2 Å². The lowest BCUT2D eigenvalue weighted by Gasteiger charge is -2.24. The predicted octanol–water partition coefficient (Wildman–Crippen LogP) is 5.09. The Morgan fingerprint density at radius 1 is 1.26 bits per heavy atom. The van der Waals surface area contributed by atoms with E-state index in [1.54, 1.807) is 12.3 Å². The Bertz CT molecular complexity index is 467. The Balaban J connectivity index is 2.09. The van der Waals surface area contributed by atoms with Gasteiger partial charge in [-0.1, -0.05) is 42.5 Å². The summed E-state index contributed by atoms with van der Waals surface area (Å²) in [4.78, 5) is 4.56. The van der Waals surface area contributed by atoms with Crippen LogP contribution in [0.4, 0.5) is 0 Å². The minimum atomic E-state index is 0.0469. The number of aliphatic imine (C=N–C) groups is 1. The van der Waals surface area contributed by atoms with Crippen LogP contribution in [-0.4, -0.2) is 17.4 Å². The molecule has 1 aromatic carbocycles. The van der Waals surface area contributed by atoms with Gasteiger partial charge in [0.1, 0.15) is 5.75 Å².